The number of carboxylic acids is 1. The first kappa shape index (κ1) is 18.5. The van der Waals surface area contributed by atoms with Gasteiger partial charge in [0, 0.05) is 11.9 Å². The molecule has 0 unspecified atom stereocenters. The lowest BCUT2D eigenvalue weighted by molar-refractivity contribution is -0.136. The van der Waals surface area contributed by atoms with Gasteiger partial charge in [0.05, 0.1) is 37.3 Å². The van der Waals surface area contributed by atoms with Crippen LogP contribution in [0.1, 0.15) is 33.6 Å². The van der Waals surface area contributed by atoms with Gasteiger partial charge < -0.3 is 19.0 Å². The lowest BCUT2D eigenvalue weighted by Gasteiger charge is -2.12. The summed E-state index contributed by atoms with van der Waals surface area (Å²) in [7, 11) is 3.02. The highest BCUT2D eigenvalue weighted by Gasteiger charge is 2.25. The van der Waals surface area contributed by atoms with Crippen LogP contribution in [-0.4, -0.2) is 35.5 Å². The van der Waals surface area contributed by atoms with Crippen LogP contribution in [0.3, 0.4) is 0 Å². The number of carbonyl (C=O) groups is 2. The second kappa shape index (κ2) is 7.53. The molecule has 2 heterocycles. The quantitative estimate of drug-likeness (QED) is 0.647. The molecule has 0 saturated heterocycles. The number of para-hydroxylation sites is 1. The van der Waals surface area contributed by atoms with Crippen LogP contribution in [0, 0.1) is 6.92 Å². The average Bonchev–Trinajstić information content (AvgIpc) is 2.96. The van der Waals surface area contributed by atoms with Crippen LogP contribution in [0.2, 0.25) is 0 Å². The van der Waals surface area contributed by atoms with Crippen LogP contribution in [0.5, 0.6) is 11.5 Å². The predicted octanol–water partition coefficient (Wildman–Crippen LogP) is 3.51. The topological polar surface area (TPSA) is 77.2 Å². The number of aliphatic carboxylic acids is 1. The maximum absolute atomic E-state index is 13.4. The van der Waals surface area contributed by atoms with E-state index in [0.29, 0.717) is 29.0 Å². The van der Waals surface area contributed by atoms with Crippen LogP contribution in [-0.2, 0) is 11.2 Å². The molecule has 140 valence electrons. The Labute approximate surface area is 157 Å². The summed E-state index contributed by atoms with van der Waals surface area (Å²) < 4.78 is 12.6. The highest BCUT2D eigenvalue weighted by molar-refractivity contribution is 6.16. The SMILES string of the molecule is COc1cccc(C(=O)c2c(C)c(CCC(=O)O)n3ccccc23)c1OC. The van der Waals surface area contributed by atoms with Crippen molar-refractivity contribution in [3.8, 4) is 11.5 Å². The van der Waals surface area contributed by atoms with E-state index in [1.807, 2.05) is 35.7 Å². The molecule has 1 N–H and O–H groups in total. The smallest absolute Gasteiger partial charge is 0.303 e. The third-order valence-electron chi connectivity index (χ3n) is 4.66. The lowest BCUT2D eigenvalue weighted by atomic mass is 9.98. The van der Waals surface area contributed by atoms with Gasteiger partial charge in [-0.2, -0.15) is 0 Å². The molecule has 0 bridgehead atoms. The lowest BCUT2D eigenvalue weighted by Crippen LogP contribution is -2.06. The number of ether oxygens (including phenoxy) is 2. The van der Waals surface area contributed by atoms with E-state index in [1.54, 1.807) is 18.2 Å². The predicted molar refractivity (Wildman–Crippen MR) is 101 cm³/mol. The number of aromatic nitrogens is 1. The van der Waals surface area contributed by atoms with E-state index in [-0.39, 0.29) is 12.2 Å². The van der Waals surface area contributed by atoms with E-state index in [9.17, 15) is 9.59 Å². The summed E-state index contributed by atoms with van der Waals surface area (Å²) in [5.41, 5.74) is 3.28. The second-order valence-electron chi connectivity index (χ2n) is 6.17. The maximum atomic E-state index is 13.4. The molecule has 1 aromatic carbocycles. The zero-order chi connectivity index (χ0) is 19.6. The molecule has 3 aromatic rings. The standard InChI is InChI=1S/C21H21NO5/c1-13-15(10-11-18(23)24)22-12-5-4-8-16(22)19(13)20(25)14-7-6-9-17(26-2)21(14)27-3/h4-9,12H,10-11H2,1-3H3,(H,23,24). The van der Waals surface area contributed by atoms with E-state index < -0.39 is 5.97 Å². The third kappa shape index (κ3) is 3.26. The molecule has 6 heteroatoms. The number of pyridine rings is 1. The average molecular weight is 367 g/mol. The Balaban J connectivity index is 2.19. The van der Waals surface area contributed by atoms with E-state index in [2.05, 4.69) is 0 Å². The number of carboxylic acid groups (broad SMARTS) is 1. The van der Waals surface area contributed by atoms with Crippen LogP contribution < -0.4 is 9.47 Å². The van der Waals surface area contributed by atoms with Crippen molar-refractivity contribution in [3.63, 3.8) is 0 Å². The van der Waals surface area contributed by atoms with Gasteiger partial charge in [0.1, 0.15) is 0 Å². The minimum atomic E-state index is -0.873. The van der Waals surface area contributed by atoms with Crippen molar-refractivity contribution in [3.05, 3.63) is 65.0 Å². The zero-order valence-electron chi connectivity index (χ0n) is 15.5. The van der Waals surface area contributed by atoms with E-state index >= 15 is 0 Å². The van der Waals surface area contributed by atoms with Gasteiger partial charge in [0.2, 0.25) is 0 Å². The Morgan fingerprint density at radius 1 is 1.07 bits per heavy atom. The highest BCUT2D eigenvalue weighted by Crippen LogP contribution is 2.34. The van der Waals surface area contributed by atoms with Crippen molar-refractivity contribution < 1.29 is 24.2 Å². The number of benzene rings is 1. The van der Waals surface area contributed by atoms with Crippen molar-refractivity contribution in [2.24, 2.45) is 0 Å². The largest absolute Gasteiger partial charge is 0.493 e. The molecule has 0 aliphatic heterocycles. The number of hydrogen-bond donors (Lipinski definition) is 1. The number of fused-ring (bicyclic) bond motifs is 1. The molecule has 3 rings (SSSR count). The molecular formula is C21H21NO5. The molecule has 6 nitrogen and oxygen atoms in total. The number of nitrogens with zero attached hydrogens (tertiary/aromatic N) is 1. The van der Waals surface area contributed by atoms with E-state index in [0.717, 1.165) is 16.8 Å². The Hall–Kier alpha value is -3.28. The summed E-state index contributed by atoms with van der Waals surface area (Å²) >= 11 is 0. The molecule has 2 aromatic heterocycles. The molecule has 0 aliphatic carbocycles. The van der Waals surface area contributed by atoms with Gasteiger partial charge in [-0.3, -0.25) is 9.59 Å². The molecule has 0 fully saturated rings. The van der Waals surface area contributed by atoms with Gasteiger partial charge in [0.25, 0.3) is 0 Å². The number of carbonyl (C=O) groups excluding carboxylic acids is 1. The second-order valence-corrected chi connectivity index (χ2v) is 6.17. The highest BCUT2D eigenvalue weighted by atomic mass is 16.5. The van der Waals surface area contributed by atoms with Gasteiger partial charge >= 0.3 is 5.97 Å². The molecular weight excluding hydrogens is 346 g/mol. The number of ketones is 1. The molecule has 0 atom stereocenters. The van der Waals surface area contributed by atoms with Gasteiger partial charge in [-0.15, -0.1) is 0 Å². The summed E-state index contributed by atoms with van der Waals surface area (Å²) in [5.74, 6) is -0.196. The van der Waals surface area contributed by atoms with Crippen molar-refractivity contribution in [2.45, 2.75) is 19.8 Å². The molecule has 0 aliphatic rings. The van der Waals surface area contributed by atoms with E-state index in [1.165, 1.54) is 14.2 Å². The molecule has 0 saturated carbocycles. The molecule has 0 radical (unpaired) electrons. The summed E-state index contributed by atoms with van der Waals surface area (Å²) in [5, 5.41) is 9.05. The Bertz CT molecular complexity index is 1020. The molecule has 27 heavy (non-hydrogen) atoms. The first-order valence-electron chi connectivity index (χ1n) is 8.55. The Morgan fingerprint density at radius 2 is 1.85 bits per heavy atom. The van der Waals surface area contributed by atoms with Crippen LogP contribution in [0.4, 0.5) is 0 Å². The molecule has 0 amide bonds. The maximum Gasteiger partial charge on any atom is 0.303 e. The van der Waals surface area contributed by atoms with Crippen molar-refractivity contribution in [1.29, 1.82) is 0 Å². The first-order chi connectivity index (χ1) is 13.0. The summed E-state index contributed by atoms with van der Waals surface area (Å²) in [4.78, 5) is 24.4. The van der Waals surface area contributed by atoms with Crippen LogP contribution in [0.15, 0.2) is 42.6 Å². The number of hydrogen-bond acceptors (Lipinski definition) is 4. The first-order valence-corrected chi connectivity index (χ1v) is 8.55. The summed E-state index contributed by atoms with van der Waals surface area (Å²) in [6.45, 7) is 1.85. The Kier molecular flexibility index (Phi) is 5.16. The summed E-state index contributed by atoms with van der Waals surface area (Å²) in [6.07, 6.45) is 2.19. The summed E-state index contributed by atoms with van der Waals surface area (Å²) in [6, 6.07) is 10.8. The fourth-order valence-corrected chi connectivity index (χ4v) is 3.42. The fraction of sp³-hybridized carbons (Fsp3) is 0.238. The molecule has 0 spiro atoms. The van der Waals surface area contributed by atoms with Crippen LogP contribution >= 0.6 is 0 Å². The fourth-order valence-electron chi connectivity index (χ4n) is 3.42. The Morgan fingerprint density at radius 3 is 2.52 bits per heavy atom. The normalized spacial score (nSPS) is 10.8. The van der Waals surface area contributed by atoms with Crippen molar-refractivity contribution in [2.75, 3.05) is 14.2 Å². The minimum absolute atomic E-state index is 0.00202. The van der Waals surface area contributed by atoms with Crippen molar-refractivity contribution >= 4 is 17.3 Å². The third-order valence-corrected chi connectivity index (χ3v) is 4.66. The van der Waals surface area contributed by atoms with Crippen LogP contribution in [0.25, 0.3) is 5.52 Å². The zero-order valence-corrected chi connectivity index (χ0v) is 15.5. The van der Waals surface area contributed by atoms with Gasteiger partial charge in [-0.25, -0.2) is 0 Å². The minimum Gasteiger partial charge on any atom is -0.493 e. The number of rotatable bonds is 7. The van der Waals surface area contributed by atoms with Gasteiger partial charge in [-0.1, -0.05) is 12.1 Å². The van der Waals surface area contributed by atoms with Gasteiger partial charge in [-0.05, 0) is 43.2 Å². The number of methoxy groups -OCH3 is 2. The van der Waals surface area contributed by atoms with Crippen molar-refractivity contribution in [1.82, 2.24) is 4.40 Å². The number of aryl methyl sites for hydroxylation is 1. The van der Waals surface area contributed by atoms with Gasteiger partial charge in [0.15, 0.2) is 17.3 Å². The monoisotopic (exact) mass is 367 g/mol. The van der Waals surface area contributed by atoms with E-state index in [4.69, 9.17) is 14.6 Å².